The van der Waals surface area contributed by atoms with Crippen LogP contribution in [0.2, 0.25) is 0 Å². The topological polar surface area (TPSA) is 60.7 Å². The van der Waals surface area contributed by atoms with E-state index in [0.29, 0.717) is 22.6 Å². The van der Waals surface area contributed by atoms with Crippen LogP contribution in [-0.2, 0) is 4.74 Å². The highest BCUT2D eigenvalue weighted by Crippen LogP contribution is 2.37. The summed E-state index contributed by atoms with van der Waals surface area (Å²) in [5, 5.41) is 4.99. The van der Waals surface area contributed by atoms with Gasteiger partial charge in [-0.15, -0.1) is 11.8 Å². The average Bonchev–Trinajstić information content (AvgIpc) is 3.44. The van der Waals surface area contributed by atoms with Gasteiger partial charge in [0.1, 0.15) is 16.9 Å². The molecule has 4 aromatic rings. The lowest BCUT2D eigenvalue weighted by atomic mass is 10.1. The van der Waals surface area contributed by atoms with Crippen LogP contribution in [0.3, 0.4) is 0 Å². The second-order valence-corrected chi connectivity index (χ2v) is 8.61. The summed E-state index contributed by atoms with van der Waals surface area (Å²) in [5.41, 5.74) is 2.73. The first-order chi connectivity index (χ1) is 15.2. The summed E-state index contributed by atoms with van der Waals surface area (Å²) in [7, 11) is 1.60. The predicted octanol–water partition coefficient (Wildman–Crippen LogP) is 6.12. The molecule has 158 valence electrons. The number of furan rings is 1. The summed E-state index contributed by atoms with van der Waals surface area (Å²) in [6.45, 7) is 0.831. The SMILES string of the molecule is COc1cc2c(cc1NC(=O)c1ccccc1SCC1CCCO1)oc1ccccc12. The number of para-hydroxylation sites is 1. The van der Waals surface area contributed by atoms with Crippen LogP contribution in [0.5, 0.6) is 5.75 Å². The van der Waals surface area contributed by atoms with Crippen LogP contribution >= 0.6 is 11.8 Å². The molecule has 5 rings (SSSR count). The quantitative estimate of drug-likeness (QED) is 0.371. The van der Waals surface area contributed by atoms with Crippen molar-refractivity contribution < 1.29 is 18.7 Å². The maximum absolute atomic E-state index is 13.2. The van der Waals surface area contributed by atoms with Gasteiger partial charge in [0.15, 0.2) is 0 Å². The van der Waals surface area contributed by atoms with Crippen molar-refractivity contribution in [3.63, 3.8) is 0 Å². The molecular weight excluding hydrogens is 410 g/mol. The van der Waals surface area contributed by atoms with Crippen molar-refractivity contribution >= 4 is 45.3 Å². The maximum Gasteiger partial charge on any atom is 0.256 e. The van der Waals surface area contributed by atoms with Crippen molar-refractivity contribution in [2.75, 3.05) is 24.8 Å². The number of ether oxygens (including phenoxy) is 2. The van der Waals surface area contributed by atoms with Crippen molar-refractivity contribution in [1.29, 1.82) is 0 Å². The molecular formula is C25H23NO4S. The maximum atomic E-state index is 13.2. The minimum absolute atomic E-state index is 0.177. The summed E-state index contributed by atoms with van der Waals surface area (Å²) in [6.07, 6.45) is 2.45. The molecule has 1 aliphatic heterocycles. The molecule has 0 bridgehead atoms. The molecule has 0 spiro atoms. The Bertz CT molecular complexity index is 1240. The van der Waals surface area contributed by atoms with Crippen molar-refractivity contribution in [1.82, 2.24) is 0 Å². The lowest BCUT2D eigenvalue weighted by Crippen LogP contribution is -2.14. The summed E-state index contributed by atoms with van der Waals surface area (Å²) in [6, 6.07) is 19.3. The summed E-state index contributed by atoms with van der Waals surface area (Å²) in [5.74, 6) is 1.26. The van der Waals surface area contributed by atoms with E-state index < -0.39 is 0 Å². The zero-order valence-corrected chi connectivity index (χ0v) is 18.0. The Hall–Kier alpha value is -2.96. The zero-order chi connectivity index (χ0) is 21.2. The number of fused-ring (bicyclic) bond motifs is 3. The van der Waals surface area contributed by atoms with E-state index in [1.54, 1.807) is 18.9 Å². The van der Waals surface area contributed by atoms with E-state index in [4.69, 9.17) is 13.9 Å². The molecule has 1 unspecified atom stereocenters. The highest BCUT2D eigenvalue weighted by atomic mass is 32.2. The zero-order valence-electron chi connectivity index (χ0n) is 17.2. The standard InChI is InChI=1S/C25H23NO4S/c1-28-23-13-19-17-8-2-4-10-21(17)30-22(19)14-20(23)26-25(27)18-9-3-5-11-24(18)31-15-16-7-6-12-29-16/h2-5,8-11,13-14,16H,6-7,12,15H2,1H3,(H,26,27). The van der Waals surface area contributed by atoms with Crippen LogP contribution in [0.15, 0.2) is 70.0 Å². The molecule has 1 N–H and O–H groups in total. The van der Waals surface area contributed by atoms with E-state index in [9.17, 15) is 4.79 Å². The smallest absolute Gasteiger partial charge is 0.256 e. The van der Waals surface area contributed by atoms with E-state index in [-0.39, 0.29) is 12.0 Å². The van der Waals surface area contributed by atoms with Gasteiger partial charge < -0.3 is 19.2 Å². The van der Waals surface area contributed by atoms with E-state index in [1.807, 2.05) is 60.7 Å². The first-order valence-corrected chi connectivity index (χ1v) is 11.4. The number of hydrogen-bond donors (Lipinski definition) is 1. The number of methoxy groups -OCH3 is 1. The third-order valence-electron chi connectivity index (χ3n) is 5.53. The fraction of sp³-hybridized carbons (Fsp3) is 0.240. The molecule has 6 heteroatoms. The van der Waals surface area contributed by atoms with Gasteiger partial charge in [0, 0.05) is 34.1 Å². The molecule has 1 saturated heterocycles. The molecule has 1 amide bonds. The summed E-state index contributed by atoms with van der Waals surface area (Å²) >= 11 is 1.66. The van der Waals surface area contributed by atoms with E-state index in [0.717, 1.165) is 46.5 Å². The lowest BCUT2D eigenvalue weighted by Gasteiger charge is -2.14. The number of thioether (sulfide) groups is 1. The van der Waals surface area contributed by atoms with Gasteiger partial charge in [-0.3, -0.25) is 4.79 Å². The summed E-state index contributed by atoms with van der Waals surface area (Å²) in [4.78, 5) is 14.1. The molecule has 1 fully saturated rings. The van der Waals surface area contributed by atoms with Crippen LogP contribution in [0.4, 0.5) is 5.69 Å². The van der Waals surface area contributed by atoms with Gasteiger partial charge in [0.05, 0.1) is 24.5 Å². The monoisotopic (exact) mass is 433 g/mol. The Morgan fingerprint density at radius 3 is 2.77 bits per heavy atom. The molecule has 5 nitrogen and oxygen atoms in total. The molecule has 0 saturated carbocycles. The van der Waals surface area contributed by atoms with Crippen LogP contribution in [-0.4, -0.2) is 31.5 Å². The first-order valence-electron chi connectivity index (χ1n) is 10.4. The van der Waals surface area contributed by atoms with Crippen LogP contribution in [0.25, 0.3) is 21.9 Å². The average molecular weight is 434 g/mol. The van der Waals surface area contributed by atoms with Gasteiger partial charge in [-0.2, -0.15) is 0 Å². The Balaban J connectivity index is 1.43. The van der Waals surface area contributed by atoms with Gasteiger partial charge in [-0.1, -0.05) is 30.3 Å². The van der Waals surface area contributed by atoms with Gasteiger partial charge in [-0.25, -0.2) is 0 Å². The number of carbonyl (C=O) groups excluding carboxylic acids is 1. The molecule has 0 radical (unpaired) electrons. The number of nitrogens with one attached hydrogen (secondary N) is 1. The summed E-state index contributed by atoms with van der Waals surface area (Å²) < 4.78 is 17.3. The van der Waals surface area contributed by atoms with Crippen LogP contribution in [0.1, 0.15) is 23.2 Å². The highest BCUT2D eigenvalue weighted by molar-refractivity contribution is 7.99. The molecule has 2 heterocycles. The lowest BCUT2D eigenvalue weighted by molar-refractivity contribution is 0.102. The Labute approximate surface area is 184 Å². The van der Waals surface area contributed by atoms with E-state index in [1.165, 1.54) is 0 Å². The molecule has 31 heavy (non-hydrogen) atoms. The van der Waals surface area contributed by atoms with Crippen molar-refractivity contribution in [2.24, 2.45) is 0 Å². The van der Waals surface area contributed by atoms with Gasteiger partial charge >= 0.3 is 0 Å². The highest BCUT2D eigenvalue weighted by Gasteiger charge is 2.19. The third kappa shape index (κ3) is 4.01. The van der Waals surface area contributed by atoms with Gasteiger partial charge in [0.25, 0.3) is 5.91 Å². The minimum atomic E-state index is -0.177. The molecule has 3 aromatic carbocycles. The van der Waals surface area contributed by atoms with Crippen molar-refractivity contribution in [3.8, 4) is 5.75 Å². The number of carbonyl (C=O) groups is 1. The Morgan fingerprint density at radius 2 is 1.94 bits per heavy atom. The molecule has 1 aromatic heterocycles. The normalized spacial score (nSPS) is 16.1. The minimum Gasteiger partial charge on any atom is -0.495 e. The number of amides is 1. The van der Waals surface area contributed by atoms with Crippen LogP contribution < -0.4 is 10.1 Å². The van der Waals surface area contributed by atoms with Gasteiger partial charge in [0.2, 0.25) is 0 Å². The number of rotatable bonds is 6. The van der Waals surface area contributed by atoms with Crippen molar-refractivity contribution in [2.45, 2.75) is 23.8 Å². The third-order valence-corrected chi connectivity index (χ3v) is 6.73. The van der Waals surface area contributed by atoms with Crippen molar-refractivity contribution in [3.05, 3.63) is 66.2 Å². The second kappa shape index (κ2) is 8.65. The number of hydrogen-bond acceptors (Lipinski definition) is 5. The fourth-order valence-electron chi connectivity index (χ4n) is 3.95. The molecule has 1 atom stereocenters. The Kier molecular flexibility index (Phi) is 5.57. The Morgan fingerprint density at radius 1 is 1.10 bits per heavy atom. The largest absolute Gasteiger partial charge is 0.495 e. The molecule has 0 aliphatic carbocycles. The first kappa shape index (κ1) is 20.0. The molecule has 1 aliphatic rings. The fourth-order valence-corrected chi connectivity index (χ4v) is 5.07. The predicted molar refractivity (Wildman–Crippen MR) is 124 cm³/mol. The number of benzene rings is 3. The number of anilines is 1. The van der Waals surface area contributed by atoms with Crippen LogP contribution in [0, 0.1) is 0 Å². The van der Waals surface area contributed by atoms with E-state index in [2.05, 4.69) is 5.32 Å². The van der Waals surface area contributed by atoms with E-state index >= 15 is 0 Å². The van der Waals surface area contributed by atoms with Gasteiger partial charge in [-0.05, 0) is 37.1 Å². The second-order valence-electron chi connectivity index (χ2n) is 7.54.